The van der Waals surface area contributed by atoms with Gasteiger partial charge in [0.05, 0.1) is 0 Å². The van der Waals surface area contributed by atoms with Crippen molar-refractivity contribution >= 4 is 5.91 Å². The molecule has 0 unspecified atom stereocenters. The van der Waals surface area contributed by atoms with Crippen LogP contribution < -0.4 is 0 Å². The maximum absolute atomic E-state index is 12.7. The Bertz CT molecular complexity index is 772. The summed E-state index contributed by atoms with van der Waals surface area (Å²) in [6.45, 7) is 7.15. The van der Waals surface area contributed by atoms with E-state index in [2.05, 4.69) is 45.2 Å². The molecule has 0 radical (unpaired) electrons. The highest BCUT2D eigenvalue weighted by molar-refractivity contribution is 5.90. The van der Waals surface area contributed by atoms with E-state index < -0.39 is 0 Å². The highest BCUT2D eigenvalue weighted by Crippen LogP contribution is 2.39. The Hall–Kier alpha value is -2.14. The molecule has 1 amide bonds. The normalized spacial score (nSPS) is 23.2. The predicted octanol–water partition coefficient (Wildman–Crippen LogP) is 3.28. The van der Waals surface area contributed by atoms with Gasteiger partial charge in [-0.2, -0.15) is 0 Å². The number of hydrogen-bond donors (Lipinski definition) is 1. The summed E-state index contributed by atoms with van der Waals surface area (Å²) in [5.41, 5.74) is 2.65. The number of aromatic nitrogens is 2. The molecule has 1 atom stereocenters. The number of amides is 1. The molecule has 27 heavy (non-hydrogen) atoms. The number of rotatable bonds is 5. The van der Waals surface area contributed by atoms with Crippen LogP contribution in [0.25, 0.3) is 0 Å². The molecule has 1 N–H and O–H groups in total. The number of nitrogens with one attached hydrogen (secondary N) is 1. The topological polar surface area (TPSA) is 52.2 Å². The number of H-pyrrole nitrogens is 1. The number of nitrogens with zero attached hydrogens (tertiary/aromatic N) is 3. The maximum atomic E-state index is 12.7. The Morgan fingerprint density at radius 3 is 2.81 bits per heavy atom. The summed E-state index contributed by atoms with van der Waals surface area (Å²) in [7, 11) is 0. The number of piperidine rings is 1. The zero-order valence-electron chi connectivity index (χ0n) is 16.3. The number of benzene rings is 1. The van der Waals surface area contributed by atoms with Gasteiger partial charge >= 0.3 is 0 Å². The molecule has 2 aliphatic rings. The van der Waals surface area contributed by atoms with Gasteiger partial charge < -0.3 is 14.8 Å². The lowest BCUT2D eigenvalue weighted by molar-refractivity contribution is 0.0679. The Balaban J connectivity index is 1.30. The fraction of sp³-hybridized carbons (Fsp3) is 0.545. The van der Waals surface area contributed by atoms with E-state index in [-0.39, 0.29) is 11.3 Å². The molecule has 2 fully saturated rings. The summed E-state index contributed by atoms with van der Waals surface area (Å²) in [5, 5.41) is 0. The van der Waals surface area contributed by atoms with E-state index in [0.717, 1.165) is 44.7 Å². The fourth-order valence-electron chi connectivity index (χ4n) is 4.77. The van der Waals surface area contributed by atoms with Crippen LogP contribution in [0, 0.1) is 12.3 Å². The maximum Gasteiger partial charge on any atom is 0.289 e. The molecule has 3 heterocycles. The van der Waals surface area contributed by atoms with Crippen LogP contribution in [0.4, 0.5) is 0 Å². The second-order valence-electron chi connectivity index (χ2n) is 8.36. The second-order valence-corrected chi connectivity index (χ2v) is 8.36. The van der Waals surface area contributed by atoms with Crippen molar-refractivity contribution in [3.05, 3.63) is 53.6 Å². The molecule has 2 saturated heterocycles. The quantitative estimate of drug-likeness (QED) is 0.883. The van der Waals surface area contributed by atoms with Crippen molar-refractivity contribution in [3.8, 4) is 0 Å². The molecule has 144 valence electrons. The molecule has 2 aromatic rings. The molecule has 1 aromatic carbocycles. The monoisotopic (exact) mass is 366 g/mol. The Labute approximate surface area is 161 Å². The van der Waals surface area contributed by atoms with Crippen LogP contribution in [0.5, 0.6) is 0 Å². The summed E-state index contributed by atoms with van der Waals surface area (Å²) >= 11 is 0. The van der Waals surface area contributed by atoms with E-state index in [1.807, 2.05) is 11.8 Å². The summed E-state index contributed by atoms with van der Waals surface area (Å²) in [6.07, 6.45) is 7.68. The Morgan fingerprint density at radius 1 is 1.19 bits per heavy atom. The lowest BCUT2D eigenvalue weighted by atomic mass is 9.79. The minimum atomic E-state index is 0.0566. The molecule has 0 aliphatic carbocycles. The van der Waals surface area contributed by atoms with Crippen LogP contribution >= 0.6 is 0 Å². The van der Waals surface area contributed by atoms with Crippen LogP contribution in [0.15, 0.2) is 36.5 Å². The van der Waals surface area contributed by atoms with E-state index in [0.29, 0.717) is 5.82 Å². The van der Waals surface area contributed by atoms with Crippen molar-refractivity contribution in [1.82, 2.24) is 19.8 Å². The van der Waals surface area contributed by atoms with Crippen molar-refractivity contribution in [1.29, 1.82) is 0 Å². The van der Waals surface area contributed by atoms with Gasteiger partial charge in [0.1, 0.15) is 0 Å². The average molecular weight is 367 g/mol. The smallest absolute Gasteiger partial charge is 0.289 e. The van der Waals surface area contributed by atoms with Gasteiger partial charge in [-0.1, -0.05) is 30.3 Å². The van der Waals surface area contributed by atoms with Crippen LogP contribution in [-0.2, 0) is 6.42 Å². The van der Waals surface area contributed by atoms with E-state index in [1.165, 1.54) is 31.4 Å². The minimum absolute atomic E-state index is 0.0566. The first-order valence-electron chi connectivity index (χ1n) is 10.2. The van der Waals surface area contributed by atoms with Crippen molar-refractivity contribution in [2.75, 3.05) is 32.7 Å². The van der Waals surface area contributed by atoms with Gasteiger partial charge in [-0.05, 0) is 57.7 Å². The van der Waals surface area contributed by atoms with Crippen LogP contribution in [-0.4, -0.2) is 58.4 Å². The lowest BCUT2D eigenvalue weighted by Gasteiger charge is -2.40. The average Bonchev–Trinajstić information content (AvgIpc) is 3.29. The van der Waals surface area contributed by atoms with Gasteiger partial charge in [0.2, 0.25) is 0 Å². The first-order chi connectivity index (χ1) is 13.1. The third-order valence-corrected chi connectivity index (χ3v) is 6.15. The van der Waals surface area contributed by atoms with Gasteiger partial charge in [-0.15, -0.1) is 0 Å². The van der Waals surface area contributed by atoms with Crippen LogP contribution in [0.2, 0.25) is 0 Å². The van der Waals surface area contributed by atoms with Gasteiger partial charge in [-0.25, -0.2) is 4.98 Å². The number of aromatic amines is 1. The SMILES string of the molecule is Cc1cnc(C(=O)N2CC[C@@]3(CCCN(CCCc4ccccc4)C3)C2)[nH]1. The first-order valence-corrected chi connectivity index (χ1v) is 10.2. The standard InChI is InChI=1S/C22H30N4O/c1-18-15-23-20(24-18)21(27)26-14-11-22(17-26)10-6-13-25(16-22)12-5-9-19-7-3-2-4-8-19/h2-4,7-8,15H,5-6,9-14,16-17H2,1H3,(H,23,24)/t22-/m1/s1. The van der Waals surface area contributed by atoms with E-state index in [4.69, 9.17) is 0 Å². The largest absolute Gasteiger partial charge is 0.338 e. The molecule has 5 heteroatoms. The summed E-state index contributed by atoms with van der Waals surface area (Å²) in [5.74, 6) is 0.543. The van der Waals surface area contributed by atoms with Gasteiger partial charge in [0.15, 0.2) is 5.82 Å². The number of carbonyl (C=O) groups excluding carboxylic acids is 1. The molecule has 1 spiro atoms. The van der Waals surface area contributed by atoms with Crippen LogP contribution in [0.3, 0.4) is 0 Å². The van der Waals surface area contributed by atoms with E-state index in [9.17, 15) is 4.79 Å². The van der Waals surface area contributed by atoms with E-state index in [1.54, 1.807) is 6.20 Å². The number of aryl methyl sites for hydroxylation is 2. The van der Waals surface area contributed by atoms with Crippen molar-refractivity contribution in [2.24, 2.45) is 5.41 Å². The summed E-state index contributed by atoms with van der Waals surface area (Å²) < 4.78 is 0. The number of imidazole rings is 1. The predicted molar refractivity (Wildman–Crippen MR) is 107 cm³/mol. The molecular weight excluding hydrogens is 336 g/mol. The minimum Gasteiger partial charge on any atom is -0.338 e. The molecule has 1 aromatic heterocycles. The number of hydrogen-bond acceptors (Lipinski definition) is 3. The highest BCUT2D eigenvalue weighted by atomic mass is 16.2. The molecule has 5 nitrogen and oxygen atoms in total. The van der Waals surface area contributed by atoms with Crippen molar-refractivity contribution in [2.45, 2.75) is 39.0 Å². The Kier molecular flexibility index (Phi) is 5.30. The molecule has 0 bridgehead atoms. The number of carbonyl (C=O) groups is 1. The zero-order chi connectivity index (χ0) is 18.7. The molecular formula is C22H30N4O. The second kappa shape index (κ2) is 7.85. The molecule has 2 aliphatic heterocycles. The van der Waals surface area contributed by atoms with Crippen LogP contribution in [0.1, 0.15) is 47.6 Å². The zero-order valence-corrected chi connectivity index (χ0v) is 16.3. The first kappa shape index (κ1) is 18.2. The molecule has 0 saturated carbocycles. The van der Waals surface area contributed by atoms with Gasteiger partial charge in [-0.3, -0.25) is 4.79 Å². The molecule has 4 rings (SSSR count). The van der Waals surface area contributed by atoms with Crippen molar-refractivity contribution in [3.63, 3.8) is 0 Å². The number of likely N-dealkylation sites (tertiary alicyclic amines) is 2. The van der Waals surface area contributed by atoms with Gasteiger partial charge in [0.25, 0.3) is 5.91 Å². The van der Waals surface area contributed by atoms with Gasteiger partial charge in [0, 0.05) is 36.9 Å². The summed E-state index contributed by atoms with van der Waals surface area (Å²) in [4.78, 5) is 24.6. The van der Waals surface area contributed by atoms with Crippen molar-refractivity contribution < 1.29 is 4.79 Å². The highest BCUT2D eigenvalue weighted by Gasteiger charge is 2.43. The lowest BCUT2D eigenvalue weighted by Crippen LogP contribution is -2.45. The Morgan fingerprint density at radius 2 is 2.04 bits per heavy atom. The van der Waals surface area contributed by atoms with E-state index >= 15 is 0 Å². The third-order valence-electron chi connectivity index (χ3n) is 6.15. The summed E-state index contributed by atoms with van der Waals surface area (Å²) in [6, 6.07) is 10.8. The fourth-order valence-corrected chi connectivity index (χ4v) is 4.77. The third kappa shape index (κ3) is 4.24.